The van der Waals surface area contributed by atoms with E-state index in [9.17, 15) is 4.79 Å². The highest BCUT2D eigenvalue weighted by Crippen LogP contribution is 2.30. The van der Waals surface area contributed by atoms with E-state index in [4.69, 9.17) is 0 Å². The first-order valence-corrected chi connectivity index (χ1v) is 12.5. The van der Waals surface area contributed by atoms with Crippen LogP contribution in [0.2, 0.25) is 0 Å². The van der Waals surface area contributed by atoms with Gasteiger partial charge in [-0.05, 0) is 49.6 Å². The van der Waals surface area contributed by atoms with Crippen LogP contribution in [-0.4, -0.2) is 5.91 Å². The molecule has 0 unspecified atom stereocenters. The zero-order valence-corrected chi connectivity index (χ0v) is 18.6. The fourth-order valence-electron chi connectivity index (χ4n) is 4.00. The van der Waals surface area contributed by atoms with Crippen LogP contribution < -0.4 is 4.72 Å². The first-order valence-electron chi connectivity index (χ1n) is 11.5. The Balaban J connectivity index is 1.57. The normalized spacial score (nSPS) is 13.9. The maximum absolute atomic E-state index is 12.5. The van der Waals surface area contributed by atoms with E-state index in [1.807, 2.05) is 18.2 Å². The molecule has 1 amide bonds. The number of hydrogen-bond donors (Lipinski definition) is 1. The molecule has 1 aromatic carbocycles. The molecule has 0 spiro atoms. The van der Waals surface area contributed by atoms with Crippen molar-refractivity contribution in [1.29, 1.82) is 0 Å². The lowest BCUT2D eigenvalue weighted by molar-refractivity contribution is -0.115. The SMILES string of the molecule is CCCCCCCCCCCCC1=C(C(=O)NSCc2ccccc2)CCC1. The minimum Gasteiger partial charge on any atom is -0.296 e. The Morgan fingerprint density at radius 1 is 0.893 bits per heavy atom. The zero-order chi connectivity index (χ0) is 19.9. The Labute approximate surface area is 177 Å². The Bertz CT molecular complexity index is 581. The lowest BCUT2D eigenvalue weighted by atomic mass is 10.0. The van der Waals surface area contributed by atoms with Crippen LogP contribution in [0, 0.1) is 0 Å². The van der Waals surface area contributed by atoms with Gasteiger partial charge in [-0.25, -0.2) is 0 Å². The molecule has 0 saturated carbocycles. The fraction of sp³-hybridized carbons (Fsp3) is 0.640. The molecule has 28 heavy (non-hydrogen) atoms. The second-order valence-corrected chi connectivity index (χ2v) is 8.85. The third-order valence-corrected chi connectivity index (χ3v) is 6.49. The summed E-state index contributed by atoms with van der Waals surface area (Å²) in [6.07, 6.45) is 18.1. The van der Waals surface area contributed by atoms with Gasteiger partial charge in [0.15, 0.2) is 0 Å². The van der Waals surface area contributed by atoms with E-state index in [1.165, 1.54) is 87.3 Å². The van der Waals surface area contributed by atoms with Crippen LogP contribution >= 0.6 is 11.9 Å². The maximum atomic E-state index is 12.5. The van der Waals surface area contributed by atoms with Gasteiger partial charge in [0.05, 0.1) is 0 Å². The number of allylic oxidation sites excluding steroid dienone is 1. The highest BCUT2D eigenvalue weighted by molar-refractivity contribution is 7.97. The van der Waals surface area contributed by atoms with Gasteiger partial charge in [-0.2, -0.15) is 0 Å². The third-order valence-electron chi connectivity index (χ3n) is 5.68. The topological polar surface area (TPSA) is 29.1 Å². The van der Waals surface area contributed by atoms with Gasteiger partial charge in [-0.15, -0.1) is 0 Å². The first-order chi connectivity index (χ1) is 13.8. The van der Waals surface area contributed by atoms with Gasteiger partial charge in [-0.3, -0.25) is 9.52 Å². The van der Waals surface area contributed by atoms with Crippen molar-refractivity contribution in [2.24, 2.45) is 0 Å². The molecule has 2 rings (SSSR count). The quantitative estimate of drug-likeness (QED) is 0.240. The molecule has 2 nitrogen and oxygen atoms in total. The van der Waals surface area contributed by atoms with Gasteiger partial charge in [0.25, 0.3) is 5.91 Å². The number of benzene rings is 1. The highest BCUT2D eigenvalue weighted by atomic mass is 32.2. The summed E-state index contributed by atoms with van der Waals surface area (Å²) in [7, 11) is 0. The molecule has 0 heterocycles. The Morgan fingerprint density at radius 3 is 2.21 bits per heavy atom. The van der Waals surface area contributed by atoms with Crippen LogP contribution in [0.5, 0.6) is 0 Å². The van der Waals surface area contributed by atoms with Gasteiger partial charge in [-0.1, -0.05) is 101 Å². The highest BCUT2D eigenvalue weighted by Gasteiger charge is 2.20. The average molecular weight is 402 g/mol. The summed E-state index contributed by atoms with van der Waals surface area (Å²) < 4.78 is 3.06. The predicted octanol–water partition coefficient (Wildman–Crippen LogP) is 7.74. The van der Waals surface area contributed by atoms with E-state index in [0.29, 0.717) is 0 Å². The van der Waals surface area contributed by atoms with Gasteiger partial charge < -0.3 is 0 Å². The molecule has 1 aliphatic rings. The number of hydrogen-bond acceptors (Lipinski definition) is 2. The van der Waals surface area contributed by atoms with E-state index < -0.39 is 0 Å². The van der Waals surface area contributed by atoms with Gasteiger partial charge >= 0.3 is 0 Å². The number of rotatable bonds is 15. The second-order valence-electron chi connectivity index (χ2n) is 8.07. The first kappa shape index (κ1) is 23.1. The molecule has 0 aliphatic heterocycles. The Hall–Kier alpha value is -1.22. The van der Waals surface area contributed by atoms with Crippen molar-refractivity contribution in [2.45, 2.75) is 103 Å². The van der Waals surface area contributed by atoms with Crippen LogP contribution in [0.3, 0.4) is 0 Å². The molecule has 0 bridgehead atoms. The summed E-state index contributed by atoms with van der Waals surface area (Å²) in [4.78, 5) is 12.5. The van der Waals surface area contributed by atoms with E-state index >= 15 is 0 Å². The lowest BCUT2D eigenvalue weighted by Gasteiger charge is -2.09. The molecule has 3 heteroatoms. The number of carbonyl (C=O) groups excluding carboxylic acids is 1. The summed E-state index contributed by atoms with van der Waals surface area (Å²) in [6.45, 7) is 2.28. The predicted molar refractivity (Wildman–Crippen MR) is 123 cm³/mol. The summed E-state index contributed by atoms with van der Waals surface area (Å²) in [6, 6.07) is 10.3. The van der Waals surface area contributed by atoms with Crippen molar-refractivity contribution in [2.75, 3.05) is 0 Å². The van der Waals surface area contributed by atoms with Crippen molar-refractivity contribution < 1.29 is 4.79 Å². The number of unbranched alkanes of at least 4 members (excludes halogenated alkanes) is 9. The fourth-order valence-corrected chi connectivity index (χ4v) is 4.69. The third kappa shape index (κ3) is 9.32. The average Bonchev–Trinajstić information content (AvgIpc) is 3.19. The van der Waals surface area contributed by atoms with Crippen LogP contribution in [0.15, 0.2) is 41.5 Å². The molecule has 0 atom stereocenters. The van der Waals surface area contributed by atoms with Crippen LogP contribution in [0.1, 0.15) is 102 Å². The van der Waals surface area contributed by atoms with E-state index in [-0.39, 0.29) is 5.91 Å². The maximum Gasteiger partial charge on any atom is 0.256 e. The minimum atomic E-state index is 0.153. The summed E-state index contributed by atoms with van der Waals surface area (Å²) in [5.41, 5.74) is 3.76. The molecule has 1 aromatic rings. The molecular weight excluding hydrogens is 362 g/mol. The second kappa shape index (κ2) is 14.7. The van der Waals surface area contributed by atoms with Crippen LogP contribution in [-0.2, 0) is 10.5 Å². The Kier molecular flexibility index (Phi) is 12.1. The summed E-state index contributed by atoms with van der Waals surface area (Å²) in [5, 5.41) is 0. The zero-order valence-electron chi connectivity index (χ0n) is 17.8. The molecular formula is C25H39NOS. The summed E-state index contributed by atoms with van der Waals surface area (Å²) >= 11 is 1.51. The molecule has 0 saturated heterocycles. The lowest BCUT2D eigenvalue weighted by Crippen LogP contribution is -2.18. The largest absolute Gasteiger partial charge is 0.296 e. The van der Waals surface area contributed by atoms with Gasteiger partial charge in [0, 0.05) is 11.3 Å². The van der Waals surface area contributed by atoms with Crippen molar-refractivity contribution in [3.63, 3.8) is 0 Å². The van der Waals surface area contributed by atoms with E-state index in [2.05, 4.69) is 23.8 Å². The molecule has 1 aliphatic carbocycles. The van der Waals surface area contributed by atoms with Gasteiger partial charge in [0.2, 0.25) is 0 Å². The smallest absolute Gasteiger partial charge is 0.256 e. The molecule has 0 radical (unpaired) electrons. The monoisotopic (exact) mass is 401 g/mol. The van der Waals surface area contributed by atoms with Crippen molar-refractivity contribution in [3.05, 3.63) is 47.0 Å². The minimum absolute atomic E-state index is 0.153. The summed E-state index contributed by atoms with van der Waals surface area (Å²) in [5.74, 6) is 0.980. The van der Waals surface area contributed by atoms with Crippen LogP contribution in [0.25, 0.3) is 0 Å². The molecule has 1 N–H and O–H groups in total. The van der Waals surface area contributed by atoms with Crippen molar-refractivity contribution in [3.8, 4) is 0 Å². The number of nitrogens with one attached hydrogen (secondary N) is 1. The van der Waals surface area contributed by atoms with E-state index in [0.717, 1.165) is 37.0 Å². The molecule has 0 fully saturated rings. The standard InChI is InChI=1S/C25H39NOS/c1-2-3-4-5-6-7-8-9-10-14-18-23-19-15-20-24(23)25(27)26-28-21-22-16-12-11-13-17-22/h11-13,16-17H,2-10,14-15,18-21H2,1H3,(H,26,27). The van der Waals surface area contributed by atoms with Crippen LogP contribution in [0.4, 0.5) is 0 Å². The number of amides is 1. The van der Waals surface area contributed by atoms with Gasteiger partial charge in [0.1, 0.15) is 0 Å². The molecule has 0 aromatic heterocycles. The number of carbonyl (C=O) groups is 1. The van der Waals surface area contributed by atoms with Crippen molar-refractivity contribution in [1.82, 2.24) is 4.72 Å². The Morgan fingerprint density at radius 2 is 1.54 bits per heavy atom. The van der Waals surface area contributed by atoms with E-state index in [1.54, 1.807) is 0 Å². The molecule has 156 valence electrons. The van der Waals surface area contributed by atoms with Crippen molar-refractivity contribution >= 4 is 17.9 Å².